The van der Waals surface area contributed by atoms with E-state index in [2.05, 4.69) is 4.74 Å². The van der Waals surface area contributed by atoms with Crippen molar-refractivity contribution in [1.82, 2.24) is 0 Å². The number of hydrogen-bond donors (Lipinski definition) is 1. The Balaban J connectivity index is 3.07. The Bertz CT molecular complexity index is 358. The summed E-state index contributed by atoms with van der Waals surface area (Å²) in [5.74, 6) is 0.245. The molecule has 1 N–H and O–H groups in total. The summed E-state index contributed by atoms with van der Waals surface area (Å²) in [5.41, 5.74) is -0.330. The molecule has 1 aromatic rings. The molecule has 0 aliphatic rings. The van der Waals surface area contributed by atoms with Gasteiger partial charge < -0.3 is 14.6 Å². The zero-order valence-electron chi connectivity index (χ0n) is 9.69. The number of methoxy groups -OCH3 is 2. The van der Waals surface area contributed by atoms with E-state index in [4.69, 9.17) is 4.74 Å². The van der Waals surface area contributed by atoms with Gasteiger partial charge in [-0.3, -0.25) is 4.79 Å². The Morgan fingerprint density at radius 1 is 1.31 bits per heavy atom. The minimum absolute atomic E-state index is 0.300. The van der Waals surface area contributed by atoms with Crippen LogP contribution in [-0.4, -0.2) is 31.9 Å². The molecular formula is C12H16O4. The molecule has 0 radical (unpaired) electrons. The number of hydrogen-bond acceptors (Lipinski definition) is 4. The average Bonchev–Trinajstić information content (AvgIpc) is 2.36. The standard InChI is InChI=1S/C12H16O4/c1-12(8-13,11(14)16-3)9-4-6-10(15-2)7-5-9/h4-7,13H,8H2,1-3H3. The van der Waals surface area contributed by atoms with Crippen molar-refractivity contribution >= 4 is 5.97 Å². The maximum absolute atomic E-state index is 11.6. The van der Waals surface area contributed by atoms with Crippen LogP contribution in [-0.2, 0) is 14.9 Å². The first-order chi connectivity index (χ1) is 7.58. The van der Waals surface area contributed by atoms with E-state index in [1.807, 2.05) is 0 Å². The monoisotopic (exact) mass is 224 g/mol. The molecule has 1 aromatic carbocycles. The van der Waals surface area contributed by atoms with Crippen LogP contribution in [0.3, 0.4) is 0 Å². The lowest BCUT2D eigenvalue weighted by Crippen LogP contribution is -2.37. The van der Waals surface area contributed by atoms with Gasteiger partial charge in [-0.05, 0) is 24.6 Å². The van der Waals surface area contributed by atoms with Gasteiger partial charge in [-0.15, -0.1) is 0 Å². The highest BCUT2D eigenvalue weighted by Crippen LogP contribution is 2.26. The zero-order valence-corrected chi connectivity index (χ0v) is 9.69. The summed E-state index contributed by atoms with van der Waals surface area (Å²) in [4.78, 5) is 11.6. The highest BCUT2D eigenvalue weighted by Gasteiger charge is 2.35. The summed E-state index contributed by atoms with van der Waals surface area (Å²) in [6.07, 6.45) is 0. The number of aliphatic hydroxyl groups excluding tert-OH is 1. The molecule has 0 bridgehead atoms. The molecular weight excluding hydrogens is 208 g/mol. The van der Waals surface area contributed by atoms with E-state index in [9.17, 15) is 9.90 Å². The van der Waals surface area contributed by atoms with Gasteiger partial charge in [-0.25, -0.2) is 0 Å². The Labute approximate surface area is 94.8 Å². The Morgan fingerprint density at radius 2 is 1.88 bits per heavy atom. The third-order valence-electron chi connectivity index (χ3n) is 2.68. The molecule has 16 heavy (non-hydrogen) atoms. The van der Waals surface area contributed by atoms with Crippen LogP contribution in [0.1, 0.15) is 12.5 Å². The van der Waals surface area contributed by atoms with Crippen molar-refractivity contribution in [1.29, 1.82) is 0 Å². The fourth-order valence-electron chi connectivity index (χ4n) is 1.46. The van der Waals surface area contributed by atoms with Crippen LogP contribution in [0.4, 0.5) is 0 Å². The Morgan fingerprint density at radius 3 is 2.25 bits per heavy atom. The number of carbonyl (C=O) groups excluding carboxylic acids is 1. The van der Waals surface area contributed by atoms with Gasteiger partial charge in [0.1, 0.15) is 11.2 Å². The normalized spacial score (nSPS) is 14.0. The van der Waals surface area contributed by atoms with E-state index in [1.54, 1.807) is 38.3 Å². The molecule has 0 spiro atoms. The van der Waals surface area contributed by atoms with Crippen molar-refractivity contribution in [2.24, 2.45) is 0 Å². The average molecular weight is 224 g/mol. The molecule has 0 aromatic heterocycles. The maximum Gasteiger partial charge on any atom is 0.318 e. The van der Waals surface area contributed by atoms with Crippen molar-refractivity contribution < 1.29 is 19.4 Å². The van der Waals surface area contributed by atoms with E-state index < -0.39 is 11.4 Å². The minimum Gasteiger partial charge on any atom is -0.497 e. The highest BCUT2D eigenvalue weighted by atomic mass is 16.5. The second kappa shape index (κ2) is 4.99. The second-order valence-electron chi connectivity index (χ2n) is 3.71. The van der Waals surface area contributed by atoms with Crippen LogP contribution in [0.25, 0.3) is 0 Å². The number of aliphatic hydroxyl groups is 1. The number of ether oxygens (including phenoxy) is 2. The SMILES string of the molecule is COC(=O)C(C)(CO)c1ccc(OC)cc1. The van der Waals surface area contributed by atoms with Crippen molar-refractivity contribution in [3.05, 3.63) is 29.8 Å². The summed E-state index contributed by atoms with van der Waals surface area (Å²) in [6, 6.07) is 6.97. The van der Waals surface area contributed by atoms with Gasteiger partial charge in [0.25, 0.3) is 0 Å². The molecule has 0 aliphatic carbocycles. The molecule has 0 fully saturated rings. The Kier molecular flexibility index (Phi) is 3.90. The van der Waals surface area contributed by atoms with Crippen LogP contribution >= 0.6 is 0 Å². The first-order valence-corrected chi connectivity index (χ1v) is 4.92. The van der Waals surface area contributed by atoms with Crippen LogP contribution in [0.15, 0.2) is 24.3 Å². The van der Waals surface area contributed by atoms with Gasteiger partial charge in [0, 0.05) is 0 Å². The lowest BCUT2D eigenvalue weighted by atomic mass is 9.83. The largest absolute Gasteiger partial charge is 0.497 e. The quantitative estimate of drug-likeness (QED) is 0.779. The first-order valence-electron chi connectivity index (χ1n) is 4.92. The van der Waals surface area contributed by atoms with E-state index >= 15 is 0 Å². The molecule has 88 valence electrons. The first kappa shape index (κ1) is 12.5. The molecule has 1 atom stereocenters. The number of carbonyl (C=O) groups is 1. The fourth-order valence-corrected chi connectivity index (χ4v) is 1.46. The zero-order chi connectivity index (χ0) is 12.2. The summed E-state index contributed by atoms with van der Waals surface area (Å²) in [7, 11) is 2.88. The number of esters is 1. The van der Waals surface area contributed by atoms with Crippen molar-refractivity contribution in [2.45, 2.75) is 12.3 Å². The predicted octanol–water partition coefficient (Wildman–Crippen LogP) is 1.12. The highest BCUT2D eigenvalue weighted by molar-refractivity contribution is 5.82. The smallest absolute Gasteiger partial charge is 0.318 e. The third kappa shape index (κ3) is 2.17. The van der Waals surface area contributed by atoms with E-state index in [0.29, 0.717) is 11.3 Å². The fraction of sp³-hybridized carbons (Fsp3) is 0.417. The predicted molar refractivity (Wildman–Crippen MR) is 59.4 cm³/mol. The lowest BCUT2D eigenvalue weighted by molar-refractivity contribution is -0.148. The molecule has 4 nitrogen and oxygen atoms in total. The molecule has 0 heterocycles. The van der Waals surface area contributed by atoms with Crippen molar-refractivity contribution in [2.75, 3.05) is 20.8 Å². The Hall–Kier alpha value is -1.55. The molecule has 0 aliphatic heterocycles. The summed E-state index contributed by atoms with van der Waals surface area (Å²) in [5, 5.41) is 9.33. The van der Waals surface area contributed by atoms with Crippen LogP contribution in [0.2, 0.25) is 0 Å². The maximum atomic E-state index is 11.6. The van der Waals surface area contributed by atoms with Crippen molar-refractivity contribution in [3.63, 3.8) is 0 Å². The van der Waals surface area contributed by atoms with Gasteiger partial charge >= 0.3 is 5.97 Å². The summed E-state index contributed by atoms with van der Waals surface area (Å²) >= 11 is 0. The van der Waals surface area contributed by atoms with Crippen LogP contribution < -0.4 is 4.74 Å². The second-order valence-corrected chi connectivity index (χ2v) is 3.71. The molecule has 0 saturated heterocycles. The van der Waals surface area contributed by atoms with E-state index in [0.717, 1.165) is 0 Å². The van der Waals surface area contributed by atoms with Gasteiger partial charge in [0.2, 0.25) is 0 Å². The number of rotatable bonds is 4. The van der Waals surface area contributed by atoms with E-state index in [-0.39, 0.29) is 6.61 Å². The van der Waals surface area contributed by atoms with Gasteiger partial charge in [-0.2, -0.15) is 0 Å². The molecule has 4 heteroatoms. The third-order valence-corrected chi connectivity index (χ3v) is 2.68. The molecule has 1 rings (SSSR count). The lowest BCUT2D eigenvalue weighted by Gasteiger charge is -2.24. The summed E-state index contributed by atoms with van der Waals surface area (Å²) < 4.78 is 9.71. The topological polar surface area (TPSA) is 55.8 Å². The van der Waals surface area contributed by atoms with E-state index in [1.165, 1.54) is 7.11 Å². The van der Waals surface area contributed by atoms with Gasteiger partial charge in [-0.1, -0.05) is 12.1 Å². The van der Waals surface area contributed by atoms with Crippen molar-refractivity contribution in [3.8, 4) is 5.75 Å². The minimum atomic E-state index is -1.03. The van der Waals surface area contributed by atoms with Crippen LogP contribution in [0.5, 0.6) is 5.75 Å². The van der Waals surface area contributed by atoms with Crippen LogP contribution in [0, 0.1) is 0 Å². The van der Waals surface area contributed by atoms with Gasteiger partial charge in [0.05, 0.1) is 20.8 Å². The number of benzene rings is 1. The van der Waals surface area contributed by atoms with Gasteiger partial charge in [0.15, 0.2) is 0 Å². The molecule has 0 amide bonds. The molecule has 0 saturated carbocycles. The summed E-state index contributed by atoms with van der Waals surface area (Å²) in [6.45, 7) is 1.34. The molecule has 1 unspecified atom stereocenters.